The third-order valence-corrected chi connectivity index (χ3v) is 5.01. The highest BCUT2D eigenvalue weighted by Crippen LogP contribution is 2.28. The summed E-state index contributed by atoms with van der Waals surface area (Å²) in [4.78, 5) is 14.1. The van der Waals surface area contributed by atoms with Crippen LogP contribution in [0.5, 0.6) is 5.75 Å². The van der Waals surface area contributed by atoms with E-state index in [1.807, 2.05) is 55.5 Å². The van der Waals surface area contributed by atoms with Crippen LogP contribution in [0.1, 0.15) is 5.56 Å². The van der Waals surface area contributed by atoms with Crippen LogP contribution in [0.2, 0.25) is 0 Å². The van der Waals surface area contributed by atoms with E-state index >= 15 is 0 Å². The topological polar surface area (TPSA) is 56.5 Å². The Kier molecular flexibility index (Phi) is 3.82. The molecule has 5 nitrogen and oxygen atoms in total. The van der Waals surface area contributed by atoms with Crippen LogP contribution in [-0.4, -0.2) is 21.7 Å². The lowest BCUT2D eigenvalue weighted by molar-refractivity contribution is 0.415. The largest absolute Gasteiger partial charge is 0.497 e. The van der Waals surface area contributed by atoms with Gasteiger partial charge in [0, 0.05) is 16.5 Å². The Morgan fingerprint density at radius 2 is 1.64 bits per heavy atom. The van der Waals surface area contributed by atoms with E-state index in [1.165, 1.54) is 11.3 Å². The Labute approximate surface area is 148 Å². The first-order valence-electron chi connectivity index (χ1n) is 7.76. The predicted molar refractivity (Wildman–Crippen MR) is 99.3 cm³/mol. The summed E-state index contributed by atoms with van der Waals surface area (Å²) in [6.07, 6.45) is 0. The number of aromatic nitrogens is 3. The lowest BCUT2D eigenvalue weighted by atomic mass is 10.1. The highest BCUT2D eigenvalue weighted by atomic mass is 32.1. The van der Waals surface area contributed by atoms with Crippen molar-refractivity contribution >= 4 is 16.3 Å². The van der Waals surface area contributed by atoms with Crippen molar-refractivity contribution in [1.29, 1.82) is 0 Å². The maximum Gasteiger partial charge on any atom is 0.260 e. The number of hydrogen-bond acceptors (Lipinski definition) is 5. The highest BCUT2D eigenvalue weighted by Gasteiger charge is 2.13. The first-order valence-corrected chi connectivity index (χ1v) is 8.58. The van der Waals surface area contributed by atoms with Gasteiger partial charge in [0.1, 0.15) is 5.75 Å². The molecule has 0 spiro atoms. The minimum atomic E-state index is -0.139. The zero-order valence-electron chi connectivity index (χ0n) is 13.8. The second kappa shape index (κ2) is 6.14. The van der Waals surface area contributed by atoms with Crippen molar-refractivity contribution in [3.05, 3.63) is 70.5 Å². The fraction of sp³-hybridized carbons (Fsp3) is 0.105. The Hall–Kier alpha value is -2.99. The van der Waals surface area contributed by atoms with E-state index in [0.717, 1.165) is 27.3 Å². The second-order valence-corrected chi connectivity index (χ2v) is 6.69. The van der Waals surface area contributed by atoms with Gasteiger partial charge in [-0.25, -0.2) is 4.40 Å². The first kappa shape index (κ1) is 15.5. The van der Waals surface area contributed by atoms with E-state index in [1.54, 1.807) is 17.6 Å². The van der Waals surface area contributed by atoms with Crippen molar-refractivity contribution in [2.24, 2.45) is 0 Å². The molecule has 0 fully saturated rings. The molecule has 0 saturated heterocycles. The van der Waals surface area contributed by atoms with Crippen LogP contribution in [0.15, 0.2) is 59.4 Å². The molecule has 2 heterocycles. The minimum absolute atomic E-state index is 0.139. The predicted octanol–water partition coefficient (Wildman–Crippen LogP) is 3.80. The van der Waals surface area contributed by atoms with Crippen molar-refractivity contribution in [2.75, 3.05) is 7.11 Å². The summed E-state index contributed by atoms with van der Waals surface area (Å²) in [5, 5.41) is 8.43. The van der Waals surface area contributed by atoms with Crippen molar-refractivity contribution in [1.82, 2.24) is 14.6 Å². The monoisotopic (exact) mass is 349 g/mol. The molecular weight excluding hydrogens is 334 g/mol. The summed E-state index contributed by atoms with van der Waals surface area (Å²) in [7, 11) is 1.63. The van der Waals surface area contributed by atoms with E-state index in [2.05, 4.69) is 10.2 Å². The van der Waals surface area contributed by atoms with Gasteiger partial charge in [-0.05, 0) is 36.8 Å². The number of hydrogen-bond donors (Lipinski definition) is 0. The Balaban J connectivity index is 1.84. The molecule has 0 aliphatic heterocycles. The molecule has 0 atom stereocenters. The Bertz CT molecular complexity index is 1100. The van der Waals surface area contributed by atoms with E-state index < -0.39 is 0 Å². The standard InChI is InChI=1S/C19H15N3O2S/c1-12-3-5-14(6-4-12)18-20-21-19-22(18)17(23)11-16(25-19)13-7-9-15(24-2)10-8-13/h3-11H,1-2H3. The number of ether oxygens (including phenoxy) is 1. The molecule has 6 heteroatoms. The molecule has 0 unspecified atom stereocenters. The number of rotatable bonds is 3. The van der Waals surface area contributed by atoms with E-state index in [-0.39, 0.29) is 5.56 Å². The van der Waals surface area contributed by atoms with Crippen LogP contribution in [0.3, 0.4) is 0 Å². The number of benzene rings is 2. The molecule has 25 heavy (non-hydrogen) atoms. The van der Waals surface area contributed by atoms with Gasteiger partial charge < -0.3 is 4.74 Å². The van der Waals surface area contributed by atoms with Gasteiger partial charge in [0.2, 0.25) is 4.96 Å². The number of aryl methyl sites for hydroxylation is 1. The quantitative estimate of drug-likeness (QED) is 0.564. The highest BCUT2D eigenvalue weighted by molar-refractivity contribution is 7.19. The molecule has 2 aromatic heterocycles. The second-order valence-electron chi connectivity index (χ2n) is 5.69. The molecule has 0 N–H and O–H groups in total. The van der Waals surface area contributed by atoms with Crippen molar-refractivity contribution in [3.63, 3.8) is 0 Å². The molecule has 0 aliphatic rings. The fourth-order valence-corrected chi connectivity index (χ4v) is 3.59. The van der Waals surface area contributed by atoms with Gasteiger partial charge in [0.25, 0.3) is 5.56 Å². The van der Waals surface area contributed by atoms with E-state index in [9.17, 15) is 4.79 Å². The summed E-state index contributed by atoms with van der Waals surface area (Å²) in [6.45, 7) is 2.02. The molecule has 2 aromatic carbocycles. The first-order chi connectivity index (χ1) is 12.2. The Morgan fingerprint density at radius 3 is 2.32 bits per heavy atom. The molecule has 0 saturated carbocycles. The van der Waals surface area contributed by atoms with Crippen molar-refractivity contribution < 1.29 is 4.74 Å². The summed E-state index contributed by atoms with van der Waals surface area (Å²) in [5.41, 5.74) is 2.84. The molecule has 0 radical (unpaired) electrons. The van der Waals surface area contributed by atoms with Gasteiger partial charge >= 0.3 is 0 Å². The van der Waals surface area contributed by atoms with Crippen LogP contribution in [-0.2, 0) is 0 Å². The average molecular weight is 349 g/mol. The van der Waals surface area contributed by atoms with E-state index in [0.29, 0.717) is 10.8 Å². The smallest absolute Gasteiger partial charge is 0.260 e. The molecule has 124 valence electrons. The van der Waals surface area contributed by atoms with Gasteiger partial charge in [-0.15, -0.1) is 10.2 Å². The Morgan fingerprint density at radius 1 is 0.960 bits per heavy atom. The third kappa shape index (κ3) is 2.81. The van der Waals surface area contributed by atoms with Crippen LogP contribution < -0.4 is 10.3 Å². The number of nitrogens with zero attached hydrogens (tertiary/aromatic N) is 3. The summed E-state index contributed by atoms with van der Waals surface area (Å²) < 4.78 is 6.73. The molecular formula is C19H15N3O2S. The van der Waals surface area contributed by atoms with Crippen LogP contribution in [0.4, 0.5) is 0 Å². The zero-order chi connectivity index (χ0) is 17.4. The summed E-state index contributed by atoms with van der Waals surface area (Å²) in [5.74, 6) is 1.35. The summed E-state index contributed by atoms with van der Waals surface area (Å²) in [6, 6.07) is 17.1. The molecule has 0 bridgehead atoms. The van der Waals surface area contributed by atoms with Crippen LogP contribution in [0.25, 0.3) is 26.8 Å². The number of fused-ring (bicyclic) bond motifs is 1. The normalized spacial score (nSPS) is 11.0. The lowest BCUT2D eigenvalue weighted by Crippen LogP contribution is -2.11. The van der Waals surface area contributed by atoms with Crippen LogP contribution in [0, 0.1) is 6.92 Å². The van der Waals surface area contributed by atoms with Gasteiger partial charge in [-0.3, -0.25) is 4.79 Å². The van der Waals surface area contributed by atoms with Gasteiger partial charge in [-0.2, -0.15) is 0 Å². The molecule has 0 aliphatic carbocycles. The maximum atomic E-state index is 12.7. The molecule has 0 amide bonds. The van der Waals surface area contributed by atoms with Crippen molar-refractivity contribution in [3.8, 4) is 27.6 Å². The van der Waals surface area contributed by atoms with Crippen molar-refractivity contribution in [2.45, 2.75) is 6.92 Å². The van der Waals surface area contributed by atoms with E-state index in [4.69, 9.17) is 4.74 Å². The minimum Gasteiger partial charge on any atom is -0.497 e. The van der Waals surface area contributed by atoms with Gasteiger partial charge in [0.15, 0.2) is 5.82 Å². The molecule has 4 rings (SSSR count). The average Bonchev–Trinajstić information content (AvgIpc) is 3.07. The molecule has 4 aromatic rings. The zero-order valence-corrected chi connectivity index (χ0v) is 14.6. The maximum absolute atomic E-state index is 12.7. The fourth-order valence-electron chi connectivity index (χ4n) is 2.63. The van der Waals surface area contributed by atoms with Gasteiger partial charge in [0.05, 0.1) is 7.11 Å². The van der Waals surface area contributed by atoms with Crippen LogP contribution >= 0.6 is 11.3 Å². The number of methoxy groups -OCH3 is 1. The SMILES string of the molecule is COc1ccc(-c2cc(=O)n3c(-c4ccc(C)cc4)nnc3s2)cc1. The summed E-state index contributed by atoms with van der Waals surface area (Å²) >= 11 is 1.43. The third-order valence-electron chi connectivity index (χ3n) is 3.99. The lowest BCUT2D eigenvalue weighted by Gasteiger charge is -2.04. The van der Waals surface area contributed by atoms with Gasteiger partial charge in [-0.1, -0.05) is 41.2 Å².